The normalized spacial score (nSPS) is 11.6. The van der Waals surface area contributed by atoms with Crippen LogP contribution in [-0.2, 0) is 9.53 Å². The van der Waals surface area contributed by atoms with Crippen LogP contribution in [0, 0.1) is 5.82 Å². The maximum atomic E-state index is 13.3. The smallest absolute Gasteiger partial charge is 0.347 e. The largest absolute Gasteiger partial charge is 0.508 e. The lowest BCUT2D eigenvalue weighted by atomic mass is 10.3. The summed E-state index contributed by atoms with van der Waals surface area (Å²) in [4.78, 5) is 11.3. The Hall–Kier alpha value is -2.04. The number of esters is 1. The first-order valence-electron chi connectivity index (χ1n) is 4.97. The van der Waals surface area contributed by atoms with E-state index in [0.717, 1.165) is 6.07 Å². The van der Waals surface area contributed by atoms with E-state index < -0.39 is 17.9 Å². The van der Waals surface area contributed by atoms with Crippen molar-refractivity contribution in [2.45, 2.75) is 13.0 Å². The molecule has 92 valence electrons. The third kappa shape index (κ3) is 3.79. The highest BCUT2D eigenvalue weighted by molar-refractivity contribution is 5.74. The van der Waals surface area contributed by atoms with Gasteiger partial charge in [0, 0.05) is 6.07 Å². The summed E-state index contributed by atoms with van der Waals surface area (Å²) in [6.45, 7) is 4.91. The van der Waals surface area contributed by atoms with Crippen molar-refractivity contribution in [3.63, 3.8) is 0 Å². The molecule has 1 N–H and O–H groups in total. The molecular formula is C12H13FO4. The lowest BCUT2D eigenvalue weighted by molar-refractivity contribution is -0.149. The number of ether oxygens (including phenoxy) is 2. The van der Waals surface area contributed by atoms with Crippen molar-refractivity contribution < 1.29 is 23.8 Å². The van der Waals surface area contributed by atoms with E-state index in [9.17, 15) is 9.18 Å². The Balaban J connectivity index is 2.64. The highest BCUT2D eigenvalue weighted by Crippen LogP contribution is 2.22. The summed E-state index contributed by atoms with van der Waals surface area (Å²) < 4.78 is 23.1. The molecule has 1 unspecified atom stereocenters. The zero-order chi connectivity index (χ0) is 12.8. The highest BCUT2D eigenvalue weighted by atomic mass is 19.1. The van der Waals surface area contributed by atoms with Crippen LogP contribution < -0.4 is 4.74 Å². The molecule has 0 saturated carbocycles. The molecule has 0 spiro atoms. The van der Waals surface area contributed by atoms with Gasteiger partial charge in [0.2, 0.25) is 0 Å². The quantitative estimate of drug-likeness (QED) is 0.632. The van der Waals surface area contributed by atoms with Gasteiger partial charge in [0.15, 0.2) is 17.7 Å². The van der Waals surface area contributed by atoms with Crippen LogP contribution in [0.5, 0.6) is 11.5 Å². The van der Waals surface area contributed by atoms with Crippen LogP contribution in [0.15, 0.2) is 30.9 Å². The van der Waals surface area contributed by atoms with Gasteiger partial charge >= 0.3 is 5.97 Å². The van der Waals surface area contributed by atoms with E-state index in [4.69, 9.17) is 14.6 Å². The van der Waals surface area contributed by atoms with Crippen LogP contribution in [0.25, 0.3) is 0 Å². The molecule has 0 fully saturated rings. The molecule has 0 aromatic heterocycles. The predicted molar refractivity (Wildman–Crippen MR) is 59.3 cm³/mol. The van der Waals surface area contributed by atoms with Crippen molar-refractivity contribution in [2.75, 3.05) is 6.61 Å². The molecule has 0 aliphatic heterocycles. The van der Waals surface area contributed by atoms with Crippen LogP contribution in [0.1, 0.15) is 6.92 Å². The average molecular weight is 240 g/mol. The number of hydrogen-bond acceptors (Lipinski definition) is 4. The highest BCUT2D eigenvalue weighted by Gasteiger charge is 2.17. The number of hydrogen-bond donors (Lipinski definition) is 1. The van der Waals surface area contributed by atoms with Crippen LogP contribution in [0.2, 0.25) is 0 Å². The Labute approximate surface area is 98.3 Å². The first-order valence-corrected chi connectivity index (χ1v) is 4.97. The Bertz CT molecular complexity index is 417. The summed E-state index contributed by atoms with van der Waals surface area (Å²) in [6.07, 6.45) is 0.486. The van der Waals surface area contributed by atoms with Crippen molar-refractivity contribution in [3.05, 3.63) is 36.7 Å². The minimum atomic E-state index is -0.936. The van der Waals surface area contributed by atoms with Crippen molar-refractivity contribution in [3.8, 4) is 11.5 Å². The molecule has 0 saturated heterocycles. The number of rotatable bonds is 5. The van der Waals surface area contributed by atoms with Crippen LogP contribution >= 0.6 is 0 Å². The molecule has 0 amide bonds. The van der Waals surface area contributed by atoms with E-state index in [1.165, 1.54) is 25.1 Å². The third-order valence-electron chi connectivity index (χ3n) is 1.89. The van der Waals surface area contributed by atoms with Crippen LogP contribution in [-0.4, -0.2) is 23.8 Å². The van der Waals surface area contributed by atoms with Crippen LogP contribution in [0.3, 0.4) is 0 Å². The number of benzene rings is 1. The van der Waals surface area contributed by atoms with E-state index >= 15 is 0 Å². The predicted octanol–water partition coefficient (Wildman–Crippen LogP) is 2.03. The Morgan fingerprint density at radius 3 is 2.94 bits per heavy atom. The van der Waals surface area contributed by atoms with Gasteiger partial charge in [0.25, 0.3) is 0 Å². The molecule has 0 heterocycles. The molecule has 0 radical (unpaired) electrons. The van der Waals surface area contributed by atoms with Gasteiger partial charge in [-0.05, 0) is 19.1 Å². The molecule has 0 bridgehead atoms. The number of carbonyl (C=O) groups excluding carboxylic acids is 1. The molecule has 1 atom stereocenters. The molecule has 1 rings (SSSR count). The molecule has 5 heteroatoms. The summed E-state index contributed by atoms with van der Waals surface area (Å²) in [5, 5.41) is 9.00. The number of carbonyl (C=O) groups is 1. The third-order valence-corrected chi connectivity index (χ3v) is 1.89. The lowest BCUT2D eigenvalue weighted by Gasteiger charge is -2.13. The van der Waals surface area contributed by atoms with Gasteiger partial charge in [-0.3, -0.25) is 0 Å². The Morgan fingerprint density at radius 2 is 2.35 bits per heavy atom. The molecule has 17 heavy (non-hydrogen) atoms. The molecule has 0 aliphatic rings. The number of halogens is 1. The van der Waals surface area contributed by atoms with E-state index in [-0.39, 0.29) is 18.1 Å². The van der Waals surface area contributed by atoms with Crippen molar-refractivity contribution in [1.82, 2.24) is 0 Å². The number of phenols is 1. The first-order chi connectivity index (χ1) is 8.04. The van der Waals surface area contributed by atoms with Crippen molar-refractivity contribution in [2.24, 2.45) is 0 Å². The van der Waals surface area contributed by atoms with Crippen molar-refractivity contribution >= 4 is 5.97 Å². The molecule has 0 aliphatic carbocycles. The SMILES string of the molecule is C=CCOC(=O)C(C)Oc1ccc(O)cc1F. The summed E-state index contributed by atoms with van der Waals surface area (Å²) >= 11 is 0. The minimum absolute atomic E-state index is 0.0740. The second-order valence-electron chi connectivity index (χ2n) is 3.29. The second-order valence-corrected chi connectivity index (χ2v) is 3.29. The maximum absolute atomic E-state index is 13.3. The summed E-state index contributed by atoms with van der Waals surface area (Å²) in [7, 11) is 0. The fraction of sp³-hybridized carbons (Fsp3) is 0.250. The van der Waals surface area contributed by atoms with E-state index in [0.29, 0.717) is 0 Å². The lowest BCUT2D eigenvalue weighted by Crippen LogP contribution is -2.26. The summed E-state index contributed by atoms with van der Waals surface area (Å²) in [6, 6.07) is 3.40. The standard InChI is InChI=1S/C12H13FO4/c1-3-6-16-12(15)8(2)17-11-5-4-9(14)7-10(11)13/h3-5,7-8,14H,1,6H2,2H3. The monoisotopic (exact) mass is 240 g/mol. The topological polar surface area (TPSA) is 55.8 Å². The number of phenolic OH excluding ortho intramolecular Hbond substituents is 1. The van der Waals surface area contributed by atoms with Gasteiger partial charge in [-0.2, -0.15) is 0 Å². The van der Waals surface area contributed by atoms with E-state index in [2.05, 4.69) is 6.58 Å². The van der Waals surface area contributed by atoms with Gasteiger partial charge in [0.1, 0.15) is 12.4 Å². The zero-order valence-corrected chi connectivity index (χ0v) is 9.35. The van der Waals surface area contributed by atoms with E-state index in [1.807, 2.05) is 0 Å². The molecular weight excluding hydrogens is 227 g/mol. The molecule has 1 aromatic rings. The zero-order valence-electron chi connectivity index (χ0n) is 9.35. The fourth-order valence-electron chi connectivity index (χ4n) is 1.08. The van der Waals surface area contributed by atoms with Gasteiger partial charge in [-0.1, -0.05) is 12.7 Å². The molecule has 4 nitrogen and oxygen atoms in total. The Morgan fingerprint density at radius 1 is 1.65 bits per heavy atom. The number of aromatic hydroxyl groups is 1. The average Bonchev–Trinajstić information content (AvgIpc) is 2.29. The van der Waals surface area contributed by atoms with Crippen molar-refractivity contribution in [1.29, 1.82) is 0 Å². The van der Waals surface area contributed by atoms with Gasteiger partial charge < -0.3 is 14.6 Å². The van der Waals surface area contributed by atoms with Gasteiger partial charge in [0.05, 0.1) is 0 Å². The summed E-state index contributed by atoms with van der Waals surface area (Å²) in [5.41, 5.74) is 0. The van der Waals surface area contributed by atoms with E-state index in [1.54, 1.807) is 0 Å². The van der Waals surface area contributed by atoms with Gasteiger partial charge in [-0.25, -0.2) is 9.18 Å². The first kappa shape index (κ1) is 13.0. The van der Waals surface area contributed by atoms with Crippen LogP contribution in [0.4, 0.5) is 4.39 Å². The fourth-order valence-corrected chi connectivity index (χ4v) is 1.08. The van der Waals surface area contributed by atoms with Gasteiger partial charge in [-0.15, -0.1) is 0 Å². The second kappa shape index (κ2) is 5.89. The minimum Gasteiger partial charge on any atom is -0.508 e. The molecule has 1 aromatic carbocycles. The Kier molecular flexibility index (Phi) is 4.51. The maximum Gasteiger partial charge on any atom is 0.347 e. The summed E-state index contributed by atoms with van der Waals surface area (Å²) in [5.74, 6) is -1.69.